The van der Waals surface area contributed by atoms with Crippen LogP contribution in [-0.4, -0.2) is 65.1 Å². The van der Waals surface area contributed by atoms with Gasteiger partial charge in [0.25, 0.3) is 0 Å². The first-order valence-electron chi connectivity index (χ1n) is 9.66. The largest absolute Gasteiger partial charge is 0.389 e. The van der Waals surface area contributed by atoms with Crippen LogP contribution in [0.3, 0.4) is 0 Å². The van der Waals surface area contributed by atoms with Crippen LogP contribution in [0.4, 0.5) is 0 Å². The first-order valence-corrected chi connectivity index (χ1v) is 16.8. The number of hydrogen-bond acceptors (Lipinski definition) is 3. The number of hydrogen-bond donors (Lipinski definition) is 1. The van der Waals surface area contributed by atoms with E-state index in [9.17, 15) is 5.11 Å². The van der Waals surface area contributed by atoms with E-state index in [1.54, 1.807) is 0 Å². The molecule has 5 heteroatoms. The lowest BCUT2D eigenvalue weighted by Gasteiger charge is -2.28. The minimum absolute atomic E-state index is 0.315. The average molecular weight is 360 g/mol. The minimum Gasteiger partial charge on any atom is -0.389 e. The van der Waals surface area contributed by atoms with E-state index in [1.807, 2.05) is 0 Å². The summed E-state index contributed by atoms with van der Waals surface area (Å²) in [7, 11) is -1.93. The summed E-state index contributed by atoms with van der Waals surface area (Å²) in [5.41, 5.74) is 0. The number of rotatable bonds is 11. The summed E-state index contributed by atoms with van der Waals surface area (Å²) in [6.45, 7) is 16.9. The van der Waals surface area contributed by atoms with Gasteiger partial charge in [-0.25, -0.2) is 0 Å². The van der Waals surface area contributed by atoms with Gasteiger partial charge in [0.15, 0.2) is 0 Å². The van der Waals surface area contributed by atoms with Gasteiger partial charge >= 0.3 is 0 Å². The third-order valence-corrected chi connectivity index (χ3v) is 10.5. The van der Waals surface area contributed by atoms with Crippen molar-refractivity contribution in [1.29, 1.82) is 0 Å². The summed E-state index contributed by atoms with van der Waals surface area (Å²) >= 11 is 0. The van der Waals surface area contributed by atoms with E-state index >= 15 is 0 Å². The van der Waals surface area contributed by atoms with Crippen LogP contribution in [0.5, 0.6) is 0 Å². The Balaban J connectivity index is 2.05. The molecule has 0 radical (unpaired) electrons. The van der Waals surface area contributed by atoms with E-state index in [-0.39, 0.29) is 6.10 Å². The van der Waals surface area contributed by atoms with Crippen LogP contribution in [0.25, 0.3) is 0 Å². The maximum atomic E-state index is 10.1. The highest BCUT2D eigenvalue weighted by atomic mass is 28.3. The third kappa shape index (κ3) is 11.5. The average Bonchev–Trinajstić information content (AvgIpc) is 2.45. The third-order valence-electron chi connectivity index (χ3n) is 4.92. The SMILES string of the molecule is C[Si](C)(C)CC[Si](C)(C)CCCOCC(O)CN1CCCCC1. The number of piperidine rings is 1. The predicted molar refractivity (Wildman–Crippen MR) is 107 cm³/mol. The van der Waals surface area contributed by atoms with Gasteiger partial charge in [0.05, 0.1) is 12.7 Å². The summed E-state index contributed by atoms with van der Waals surface area (Å²) in [6.07, 6.45) is 4.77. The summed E-state index contributed by atoms with van der Waals surface area (Å²) in [6, 6.07) is 4.31. The molecular formula is C18H41NO2Si2. The van der Waals surface area contributed by atoms with Crippen molar-refractivity contribution in [3.05, 3.63) is 0 Å². The van der Waals surface area contributed by atoms with Crippen LogP contribution in [0.1, 0.15) is 25.7 Å². The number of likely N-dealkylation sites (tertiary alicyclic amines) is 1. The first kappa shape index (κ1) is 21.4. The molecule has 1 fully saturated rings. The van der Waals surface area contributed by atoms with Gasteiger partial charge in [0.1, 0.15) is 0 Å². The zero-order valence-electron chi connectivity index (χ0n) is 16.4. The van der Waals surface area contributed by atoms with Crippen molar-refractivity contribution in [2.75, 3.05) is 32.8 Å². The molecule has 0 aliphatic carbocycles. The lowest BCUT2D eigenvalue weighted by molar-refractivity contribution is 0.0138. The summed E-state index contributed by atoms with van der Waals surface area (Å²) in [5, 5.41) is 10.1. The molecule has 1 atom stereocenters. The Kier molecular flexibility index (Phi) is 9.60. The summed E-state index contributed by atoms with van der Waals surface area (Å²) < 4.78 is 5.73. The second-order valence-corrected chi connectivity index (χ2v) is 20.4. The van der Waals surface area contributed by atoms with Gasteiger partial charge in [-0.2, -0.15) is 0 Å². The second-order valence-electron chi connectivity index (χ2n) is 9.42. The Hall–Kier alpha value is 0.314. The van der Waals surface area contributed by atoms with Gasteiger partial charge in [-0.1, -0.05) is 57.3 Å². The topological polar surface area (TPSA) is 32.7 Å². The molecule has 0 aromatic rings. The molecule has 0 aromatic carbocycles. The van der Waals surface area contributed by atoms with Crippen LogP contribution in [0.2, 0.25) is 50.9 Å². The normalized spacial score (nSPS) is 19.0. The molecule has 1 rings (SSSR count). The van der Waals surface area contributed by atoms with Crippen LogP contribution < -0.4 is 0 Å². The van der Waals surface area contributed by atoms with Gasteiger partial charge in [0, 0.05) is 29.3 Å². The monoisotopic (exact) mass is 359 g/mol. The zero-order chi connectivity index (χ0) is 17.3. The fourth-order valence-corrected chi connectivity index (χ4v) is 10.3. The molecule has 3 nitrogen and oxygen atoms in total. The van der Waals surface area contributed by atoms with Gasteiger partial charge in [-0.15, -0.1) is 0 Å². The summed E-state index contributed by atoms with van der Waals surface area (Å²) in [4.78, 5) is 2.38. The van der Waals surface area contributed by atoms with Crippen molar-refractivity contribution in [2.24, 2.45) is 0 Å². The van der Waals surface area contributed by atoms with Gasteiger partial charge in [0.2, 0.25) is 0 Å². The Morgan fingerprint density at radius 1 is 0.957 bits per heavy atom. The van der Waals surface area contributed by atoms with E-state index in [1.165, 1.54) is 43.8 Å². The van der Waals surface area contributed by atoms with Crippen molar-refractivity contribution in [2.45, 2.75) is 82.7 Å². The maximum Gasteiger partial charge on any atom is 0.0900 e. The lowest BCUT2D eigenvalue weighted by atomic mass is 10.1. The molecule has 1 aliphatic heterocycles. The lowest BCUT2D eigenvalue weighted by Crippen LogP contribution is -2.38. The fraction of sp³-hybridized carbons (Fsp3) is 1.00. The molecule has 0 bridgehead atoms. The Morgan fingerprint density at radius 2 is 1.61 bits per heavy atom. The molecule has 1 N–H and O–H groups in total. The molecule has 0 saturated carbocycles. The van der Waals surface area contributed by atoms with Gasteiger partial charge in [-0.3, -0.25) is 0 Å². The standard InChI is InChI=1S/C18H41NO2Si2/c1-22(2,3)14-15-23(4,5)13-9-12-21-17-18(20)16-19-10-7-6-8-11-19/h18,20H,6-17H2,1-5H3. The summed E-state index contributed by atoms with van der Waals surface area (Å²) in [5.74, 6) is 0. The molecule has 0 amide bonds. The van der Waals surface area contributed by atoms with E-state index in [0.29, 0.717) is 6.61 Å². The molecule has 0 aromatic heterocycles. The number of nitrogens with zero attached hydrogens (tertiary/aromatic N) is 1. The zero-order valence-corrected chi connectivity index (χ0v) is 18.4. The Morgan fingerprint density at radius 3 is 2.22 bits per heavy atom. The second kappa shape index (κ2) is 10.3. The molecule has 1 unspecified atom stereocenters. The number of ether oxygens (including phenoxy) is 1. The predicted octanol–water partition coefficient (Wildman–Crippen LogP) is 4.29. The number of aliphatic hydroxyl groups is 1. The minimum atomic E-state index is -1.04. The van der Waals surface area contributed by atoms with Crippen LogP contribution >= 0.6 is 0 Å². The van der Waals surface area contributed by atoms with E-state index in [0.717, 1.165) is 26.2 Å². The molecule has 1 aliphatic rings. The molecular weight excluding hydrogens is 318 g/mol. The maximum absolute atomic E-state index is 10.1. The quantitative estimate of drug-likeness (QED) is 0.441. The van der Waals surface area contributed by atoms with Crippen molar-refractivity contribution < 1.29 is 9.84 Å². The smallest absolute Gasteiger partial charge is 0.0900 e. The highest BCUT2D eigenvalue weighted by molar-refractivity contribution is 6.82. The van der Waals surface area contributed by atoms with Crippen molar-refractivity contribution >= 4 is 16.1 Å². The van der Waals surface area contributed by atoms with Crippen LogP contribution in [-0.2, 0) is 4.74 Å². The van der Waals surface area contributed by atoms with Crippen molar-refractivity contribution in [3.63, 3.8) is 0 Å². The molecule has 23 heavy (non-hydrogen) atoms. The highest BCUT2D eigenvalue weighted by Gasteiger charge is 2.24. The Bertz CT molecular complexity index is 313. The fourth-order valence-electron chi connectivity index (χ4n) is 3.20. The van der Waals surface area contributed by atoms with Crippen molar-refractivity contribution in [1.82, 2.24) is 4.90 Å². The highest BCUT2D eigenvalue weighted by Crippen LogP contribution is 2.24. The molecule has 0 spiro atoms. The van der Waals surface area contributed by atoms with E-state index in [4.69, 9.17) is 4.74 Å². The van der Waals surface area contributed by atoms with E-state index < -0.39 is 16.1 Å². The molecule has 1 heterocycles. The molecule has 138 valence electrons. The number of β-amino-alcohol motifs (C(OH)–C–C–N with tert-alkyl or cyclic N) is 1. The van der Waals surface area contributed by atoms with Gasteiger partial charge < -0.3 is 14.7 Å². The first-order chi connectivity index (χ1) is 10.7. The van der Waals surface area contributed by atoms with Crippen molar-refractivity contribution in [3.8, 4) is 0 Å². The van der Waals surface area contributed by atoms with E-state index in [2.05, 4.69) is 37.6 Å². The Labute approximate surface area is 146 Å². The van der Waals surface area contributed by atoms with Crippen LogP contribution in [0.15, 0.2) is 0 Å². The van der Waals surface area contributed by atoms with Crippen LogP contribution in [0, 0.1) is 0 Å². The number of aliphatic hydroxyl groups excluding tert-OH is 1. The van der Waals surface area contributed by atoms with Gasteiger partial charge in [-0.05, 0) is 32.4 Å². The molecule has 1 saturated heterocycles.